The van der Waals surface area contributed by atoms with Crippen LogP contribution in [0.1, 0.15) is 11.5 Å². The zero-order chi connectivity index (χ0) is 15.9. The number of methoxy groups -OCH3 is 2. The van der Waals surface area contributed by atoms with Gasteiger partial charge in [0.25, 0.3) is 0 Å². The normalized spacial score (nSPS) is 11.5. The molecular formula is C17H18O5. The fourth-order valence-corrected chi connectivity index (χ4v) is 2.10. The molecule has 0 saturated carbocycles. The molecule has 0 aliphatic carbocycles. The fourth-order valence-electron chi connectivity index (χ4n) is 2.10. The van der Waals surface area contributed by atoms with Crippen molar-refractivity contribution in [3.8, 4) is 17.2 Å². The minimum absolute atomic E-state index is 0.109. The van der Waals surface area contributed by atoms with Gasteiger partial charge < -0.3 is 19.3 Å². The Morgan fingerprint density at radius 1 is 1.09 bits per heavy atom. The van der Waals surface area contributed by atoms with Crippen molar-refractivity contribution in [1.29, 1.82) is 0 Å². The highest BCUT2D eigenvalue weighted by atomic mass is 16.5. The first-order chi connectivity index (χ1) is 10.7. The molecule has 2 rings (SSSR count). The number of aromatic hydroxyl groups is 1. The zero-order valence-corrected chi connectivity index (χ0v) is 12.5. The van der Waals surface area contributed by atoms with Crippen molar-refractivity contribution in [2.45, 2.75) is 5.92 Å². The van der Waals surface area contributed by atoms with Crippen molar-refractivity contribution in [1.82, 2.24) is 0 Å². The molecule has 116 valence electrons. The Morgan fingerprint density at radius 2 is 1.77 bits per heavy atom. The Bertz CT molecular complexity index is 621. The zero-order valence-electron chi connectivity index (χ0n) is 12.5. The van der Waals surface area contributed by atoms with E-state index in [1.54, 1.807) is 31.4 Å². The Morgan fingerprint density at radius 3 is 2.41 bits per heavy atom. The smallest absolute Gasteiger partial charge is 0.316 e. The molecule has 0 fully saturated rings. The second kappa shape index (κ2) is 7.36. The maximum absolute atomic E-state index is 12.1. The third-order valence-electron chi connectivity index (χ3n) is 3.25. The van der Waals surface area contributed by atoms with Crippen molar-refractivity contribution < 1.29 is 24.1 Å². The Kier molecular flexibility index (Phi) is 5.25. The van der Waals surface area contributed by atoms with Gasteiger partial charge in [0.05, 0.1) is 14.2 Å². The highest BCUT2D eigenvalue weighted by Gasteiger charge is 2.25. The average molecular weight is 302 g/mol. The highest BCUT2D eigenvalue weighted by molar-refractivity contribution is 5.79. The fraction of sp³-hybridized carbons (Fsp3) is 0.235. The number of hydrogen-bond acceptors (Lipinski definition) is 5. The van der Waals surface area contributed by atoms with Crippen LogP contribution in [0.15, 0.2) is 48.5 Å². The molecule has 0 spiro atoms. The molecule has 22 heavy (non-hydrogen) atoms. The van der Waals surface area contributed by atoms with E-state index in [4.69, 9.17) is 14.2 Å². The van der Waals surface area contributed by atoms with Gasteiger partial charge in [-0.25, -0.2) is 0 Å². The lowest BCUT2D eigenvalue weighted by Crippen LogP contribution is -2.22. The molecule has 5 heteroatoms. The summed E-state index contributed by atoms with van der Waals surface area (Å²) >= 11 is 0. The van der Waals surface area contributed by atoms with Crippen molar-refractivity contribution in [3.05, 3.63) is 54.1 Å². The van der Waals surface area contributed by atoms with Crippen molar-refractivity contribution in [2.75, 3.05) is 20.8 Å². The van der Waals surface area contributed by atoms with E-state index in [9.17, 15) is 9.90 Å². The van der Waals surface area contributed by atoms with Gasteiger partial charge >= 0.3 is 5.97 Å². The van der Waals surface area contributed by atoms with Crippen molar-refractivity contribution >= 4 is 5.97 Å². The van der Waals surface area contributed by atoms with Gasteiger partial charge in [0.2, 0.25) is 0 Å². The minimum atomic E-state index is -0.602. The lowest BCUT2D eigenvalue weighted by atomic mass is 9.99. The van der Waals surface area contributed by atoms with E-state index in [0.29, 0.717) is 17.1 Å². The Balaban J connectivity index is 2.19. The summed E-state index contributed by atoms with van der Waals surface area (Å²) in [5, 5.41) is 9.26. The predicted octanol–water partition coefficient (Wildman–Crippen LogP) is 2.74. The molecule has 0 amide bonds. The van der Waals surface area contributed by atoms with Crippen LogP contribution in [0.3, 0.4) is 0 Å². The maximum Gasteiger partial charge on any atom is 0.316 e. The number of phenolic OH excluding ortho intramolecular Hbond substituents is 1. The summed E-state index contributed by atoms with van der Waals surface area (Å²) in [7, 11) is 2.89. The molecule has 0 saturated heterocycles. The summed E-state index contributed by atoms with van der Waals surface area (Å²) in [5.41, 5.74) is 0.704. The van der Waals surface area contributed by atoms with Gasteiger partial charge in [0.15, 0.2) is 0 Å². The average Bonchev–Trinajstić information content (AvgIpc) is 2.56. The highest BCUT2D eigenvalue weighted by Crippen LogP contribution is 2.28. The molecule has 0 aliphatic rings. The predicted molar refractivity (Wildman–Crippen MR) is 81.4 cm³/mol. The second-order valence-electron chi connectivity index (χ2n) is 4.62. The molecule has 0 aliphatic heterocycles. The minimum Gasteiger partial charge on any atom is -0.508 e. The van der Waals surface area contributed by atoms with Crippen LogP contribution in [0, 0.1) is 0 Å². The van der Waals surface area contributed by atoms with Gasteiger partial charge in [-0.05, 0) is 30.3 Å². The molecule has 0 bridgehead atoms. The number of carbonyl (C=O) groups is 1. The number of para-hydroxylation sites is 1. The third kappa shape index (κ3) is 3.69. The molecule has 1 unspecified atom stereocenters. The van der Waals surface area contributed by atoms with E-state index < -0.39 is 11.9 Å². The van der Waals surface area contributed by atoms with Crippen LogP contribution in [-0.2, 0) is 9.53 Å². The standard InChI is InChI=1S/C17H18O5/c1-20-16-6-4-3-5-14(16)15(17(19)21-2)11-22-13-9-7-12(18)8-10-13/h3-10,15,18H,11H2,1-2H3. The quantitative estimate of drug-likeness (QED) is 0.831. The van der Waals surface area contributed by atoms with E-state index in [2.05, 4.69) is 0 Å². The summed E-state index contributed by atoms with van der Waals surface area (Å²) in [4.78, 5) is 12.1. The van der Waals surface area contributed by atoms with Crippen LogP contribution < -0.4 is 9.47 Å². The lowest BCUT2D eigenvalue weighted by Gasteiger charge is -2.18. The first-order valence-corrected chi connectivity index (χ1v) is 6.78. The number of hydrogen-bond donors (Lipinski definition) is 1. The number of benzene rings is 2. The van der Waals surface area contributed by atoms with Crippen LogP contribution in [0.4, 0.5) is 0 Å². The number of phenols is 1. The monoisotopic (exact) mass is 302 g/mol. The molecular weight excluding hydrogens is 284 g/mol. The number of rotatable bonds is 6. The third-order valence-corrected chi connectivity index (χ3v) is 3.25. The van der Waals surface area contributed by atoms with Gasteiger partial charge in [-0.15, -0.1) is 0 Å². The van der Waals surface area contributed by atoms with E-state index >= 15 is 0 Å². The van der Waals surface area contributed by atoms with Gasteiger partial charge in [0, 0.05) is 5.56 Å². The molecule has 2 aromatic carbocycles. The van der Waals surface area contributed by atoms with E-state index in [-0.39, 0.29) is 12.4 Å². The van der Waals surface area contributed by atoms with Crippen LogP contribution in [0.2, 0.25) is 0 Å². The van der Waals surface area contributed by atoms with E-state index in [1.165, 1.54) is 19.2 Å². The Labute approximate surface area is 129 Å². The molecule has 2 aromatic rings. The Hall–Kier alpha value is -2.69. The van der Waals surface area contributed by atoms with Gasteiger partial charge in [-0.1, -0.05) is 18.2 Å². The summed E-state index contributed by atoms with van der Waals surface area (Å²) in [5.74, 6) is 0.314. The molecule has 1 N–H and O–H groups in total. The van der Waals surface area contributed by atoms with E-state index in [1.807, 2.05) is 12.1 Å². The lowest BCUT2D eigenvalue weighted by molar-refractivity contribution is -0.143. The summed E-state index contributed by atoms with van der Waals surface area (Å²) in [6.07, 6.45) is 0. The molecule has 1 atom stereocenters. The molecule has 0 heterocycles. The summed E-state index contributed by atoms with van der Waals surface area (Å²) in [6.45, 7) is 0.109. The number of ether oxygens (including phenoxy) is 3. The largest absolute Gasteiger partial charge is 0.508 e. The van der Waals surface area contributed by atoms with Crippen LogP contribution in [-0.4, -0.2) is 31.9 Å². The van der Waals surface area contributed by atoms with Gasteiger partial charge in [-0.2, -0.15) is 0 Å². The molecule has 0 aromatic heterocycles. The van der Waals surface area contributed by atoms with Crippen LogP contribution in [0.25, 0.3) is 0 Å². The van der Waals surface area contributed by atoms with Gasteiger partial charge in [0.1, 0.15) is 29.8 Å². The van der Waals surface area contributed by atoms with E-state index in [0.717, 1.165) is 0 Å². The number of esters is 1. The van der Waals surface area contributed by atoms with Crippen molar-refractivity contribution in [3.63, 3.8) is 0 Å². The second-order valence-corrected chi connectivity index (χ2v) is 4.62. The first-order valence-electron chi connectivity index (χ1n) is 6.78. The van der Waals surface area contributed by atoms with Crippen LogP contribution in [0.5, 0.6) is 17.2 Å². The first kappa shape index (κ1) is 15.7. The molecule has 5 nitrogen and oxygen atoms in total. The maximum atomic E-state index is 12.1. The molecule has 0 radical (unpaired) electrons. The summed E-state index contributed by atoms with van der Waals surface area (Å²) < 4.78 is 15.8. The summed E-state index contributed by atoms with van der Waals surface area (Å²) in [6, 6.07) is 13.5. The van der Waals surface area contributed by atoms with Gasteiger partial charge in [-0.3, -0.25) is 4.79 Å². The topological polar surface area (TPSA) is 65.0 Å². The number of carbonyl (C=O) groups excluding carboxylic acids is 1. The van der Waals surface area contributed by atoms with Crippen LogP contribution >= 0.6 is 0 Å². The van der Waals surface area contributed by atoms with Crippen molar-refractivity contribution in [2.24, 2.45) is 0 Å². The SMILES string of the molecule is COC(=O)C(COc1ccc(O)cc1)c1ccccc1OC.